The average Bonchev–Trinajstić information content (AvgIpc) is 3.30. The lowest BCUT2D eigenvalue weighted by atomic mass is 9.49. The van der Waals surface area contributed by atoms with Crippen LogP contribution >= 0.6 is 0 Å². The first-order chi connectivity index (χ1) is 16.4. The van der Waals surface area contributed by atoms with Crippen LogP contribution in [0.5, 0.6) is 0 Å². The smallest absolute Gasteiger partial charge is 0.319 e. The second-order valence-electron chi connectivity index (χ2n) is 10.4. The first-order valence-electron chi connectivity index (χ1n) is 12.2. The second-order valence-corrected chi connectivity index (χ2v) is 10.4. The van der Waals surface area contributed by atoms with Crippen LogP contribution in [0, 0.1) is 23.2 Å². The van der Waals surface area contributed by atoms with Crippen molar-refractivity contribution in [2.45, 2.75) is 51.5 Å². The number of benzene rings is 1. The minimum atomic E-state index is -0.352. The van der Waals surface area contributed by atoms with Gasteiger partial charge in [-0.25, -0.2) is 4.79 Å². The predicted octanol–water partition coefficient (Wildman–Crippen LogP) is 4.26. The molecular formula is C26H32N4O4. The highest BCUT2D eigenvalue weighted by Gasteiger charge is 2.51. The molecule has 4 amide bonds. The molecule has 34 heavy (non-hydrogen) atoms. The molecule has 8 nitrogen and oxygen atoms in total. The van der Waals surface area contributed by atoms with Crippen molar-refractivity contribution in [2.24, 2.45) is 23.2 Å². The van der Waals surface area contributed by atoms with Crippen molar-refractivity contribution in [1.82, 2.24) is 10.6 Å². The molecule has 4 saturated carbocycles. The minimum absolute atomic E-state index is 0.0165. The molecule has 1 aromatic heterocycles. The predicted molar refractivity (Wildman–Crippen MR) is 128 cm³/mol. The molecule has 0 saturated heterocycles. The summed E-state index contributed by atoms with van der Waals surface area (Å²) in [6.45, 7) is 0.252. The van der Waals surface area contributed by atoms with E-state index in [0.29, 0.717) is 30.1 Å². The molecule has 1 heterocycles. The van der Waals surface area contributed by atoms with Crippen LogP contribution in [-0.2, 0) is 16.1 Å². The van der Waals surface area contributed by atoms with Crippen LogP contribution in [0.2, 0.25) is 0 Å². The summed E-state index contributed by atoms with van der Waals surface area (Å²) >= 11 is 0. The van der Waals surface area contributed by atoms with Crippen LogP contribution < -0.4 is 21.3 Å². The molecule has 4 bridgehead atoms. The van der Waals surface area contributed by atoms with Gasteiger partial charge in [0.05, 0.1) is 19.4 Å². The van der Waals surface area contributed by atoms with Gasteiger partial charge in [-0.05, 0) is 98.1 Å². The topological polar surface area (TPSA) is 112 Å². The van der Waals surface area contributed by atoms with Crippen molar-refractivity contribution in [3.8, 4) is 0 Å². The van der Waals surface area contributed by atoms with E-state index in [2.05, 4.69) is 21.3 Å². The van der Waals surface area contributed by atoms with E-state index in [1.54, 1.807) is 42.7 Å². The second kappa shape index (κ2) is 9.52. The highest BCUT2D eigenvalue weighted by Crippen LogP contribution is 2.61. The number of hydrogen-bond acceptors (Lipinski definition) is 4. The number of carbonyl (C=O) groups excluding carboxylic acids is 3. The summed E-state index contributed by atoms with van der Waals surface area (Å²) in [6.07, 6.45) is 9.70. The molecular weight excluding hydrogens is 432 g/mol. The normalized spacial score (nSPS) is 26.6. The number of rotatable bonds is 8. The molecule has 2 aromatic rings. The summed E-state index contributed by atoms with van der Waals surface area (Å²) in [7, 11) is 0. The van der Waals surface area contributed by atoms with Gasteiger partial charge in [0, 0.05) is 17.8 Å². The van der Waals surface area contributed by atoms with Gasteiger partial charge in [0.1, 0.15) is 5.76 Å². The van der Waals surface area contributed by atoms with Gasteiger partial charge in [0.15, 0.2) is 0 Å². The molecule has 6 rings (SSSR count). The van der Waals surface area contributed by atoms with E-state index < -0.39 is 0 Å². The first kappa shape index (κ1) is 22.5. The molecule has 0 radical (unpaired) electrons. The minimum Gasteiger partial charge on any atom is -0.467 e. The van der Waals surface area contributed by atoms with E-state index in [9.17, 15) is 14.4 Å². The van der Waals surface area contributed by atoms with Crippen molar-refractivity contribution in [3.63, 3.8) is 0 Å². The zero-order valence-corrected chi connectivity index (χ0v) is 19.3. The Hall–Kier alpha value is -3.29. The largest absolute Gasteiger partial charge is 0.467 e. The van der Waals surface area contributed by atoms with Gasteiger partial charge in [-0.1, -0.05) is 0 Å². The number of carbonyl (C=O) groups is 3. The third kappa shape index (κ3) is 5.43. The molecule has 0 aliphatic heterocycles. The molecule has 0 spiro atoms. The van der Waals surface area contributed by atoms with Crippen molar-refractivity contribution in [1.29, 1.82) is 0 Å². The monoisotopic (exact) mass is 464 g/mol. The zero-order chi connectivity index (χ0) is 23.5. The quantitative estimate of drug-likeness (QED) is 0.467. The van der Waals surface area contributed by atoms with Crippen molar-refractivity contribution in [2.75, 3.05) is 17.2 Å². The molecule has 4 aliphatic rings. The standard InChI is InChI=1S/C26H32N4O4/c31-23(14-26-11-17-8-18(12-26)10-19(9-17)13-26)27-16-24(32)29-20-3-5-21(6-4-20)30-25(33)28-15-22-2-1-7-34-22/h1-7,17-19H,8-16H2,(H,27,31)(H,29,32)(H2,28,30,33). The average molecular weight is 465 g/mol. The maximum atomic E-state index is 12.6. The van der Waals surface area contributed by atoms with Gasteiger partial charge in [0.25, 0.3) is 0 Å². The molecule has 4 N–H and O–H groups in total. The van der Waals surface area contributed by atoms with Crippen LogP contribution in [0.4, 0.5) is 16.2 Å². The van der Waals surface area contributed by atoms with Crippen molar-refractivity contribution < 1.29 is 18.8 Å². The lowest BCUT2D eigenvalue weighted by molar-refractivity contribution is -0.131. The number of urea groups is 1. The third-order valence-electron chi connectivity index (χ3n) is 7.58. The van der Waals surface area contributed by atoms with Gasteiger partial charge in [0.2, 0.25) is 11.8 Å². The number of hydrogen-bond donors (Lipinski definition) is 4. The highest BCUT2D eigenvalue weighted by atomic mass is 16.3. The van der Waals surface area contributed by atoms with E-state index in [0.717, 1.165) is 17.8 Å². The summed E-state index contributed by atoms with van der Waals surface area (Å²) in [5.74, 6) is 2.80. The van der Waals surface area contributed by atoms with E-state index >= 15 is 0 Å². The summed E-state index contributed by atoms with van der Waals surface area (Å²) in [5.41, 5.74) is 1.36. The fraction of sp³-hybridized carbons (Fsp3) is 0.500. The van der Waals surface area contributed by atoms with E-state index in [4.69, 9.17) is 4.42 Å². The molecule has 4 aliphatic carbocycles. The van der Waals surface area contributed by atoms with Crippen molar-refractivity contribution >= 4 is 29.2 Å². The summed E-state index contributed by atoms with van der Waals surface area (Å²) in [5, 5.41) is 11.0. The van der Waals surface area contributed by atoms with E-state index in [1.807, 2.05) is 0 Å². The zero-order valence-electron chi connectivity index (χ0n) is 19.3. The Kier molecular flexibility index (Phi) is 6.30. The van der Waals surface area contributed by atoms with Crippen LogP contribution in [0.3, 0.4) is 0 Å². The van der Waals surface area contributed by atoms with Crippen LogP contribution in [0.1, 0.15) is 50.7 Å². The van der Waals surface area contributed by atoms with E-state index in [-0.39, 0.29) is 29.8 Å². The fourth-order valence-corrected chi connectivity index (χ4v) is 6.69. The SMILES string of the molecule is O=C(CC12CC3CC(CC(C3)C1)C2)NCC(=O)Nc1ccc(NC(=O)NCc2ccco2)cc1. The Labute approximate surface area is 199 Å². The number of furan rings is 1. The van der Waals surface area contributed by atoms with Crippen LogP contribution in [-0.4, -0.2) is 24.4 Å². The Morgan fingerprint density at radius 1 is 0.824 bits per heavy atom. The van der Waals surface area contributed by atoms with Gasteiger partial charge >= 0.3 is 6.03 Å². The Bertz CT molecular complexity index is 996. The van der Waals surface area contributed by atoms with Crippen LogP contribution in [0.15, 0.2) is 47.1 Å². The van der Waals surface area contributed by atoms with Gasteiger partial charge in [-0.3, -0.25) is 9.59 Å². The van der Waals surface area contributed by atoms with Gasteiger partial charge < -0.3 is 25.7 Å². The van der Waals surface area contributed by atoms with Crippen molar-refractivity contribution in [3.05, 3.63) is 48.4 Å². The fourth-order valence-electron chi connectivity index (χ4n) is 6.69. The lowest BCUT2D eigenvalue weighted by Crippen LogP contribution is -2.48. The molecule has 180 valence electrons. The highest BCUT2D eigenvalue weighted by molar-refractivity contribution is 5.95. The Balaban J connectivity index is 1.03. The van der Waals surface area contributed by atoms with Crippen LogP contribution in [0.25, 0.3) is 0 Å². The van der Waals surface area contributed by atoms with Gasteiger partial charge in [-0.2, -0.15) is 0 Å². The number of nitrogens with one attached hydrogen (secondary N) is 4. The first-order valence-corrected chi connectivity index (χ1v) is 12.2. The maximum absolute atomic E-state index is 12.6. The number of anilines is 2. The maximum Gasteiger partial charge on any atom is 0.319 e. The lowest BCUT2D eigenvalue weighted by Gasteiger charge is -2.56. The summed E-state index contributed by atoms with van der Waals surface area (Å²) in [4.78, 5) is 36.9. The molecule has 0 atom stereocenters. The molecule has 0 unspecified atom stereocenters. The van der Waals surface area contributed by atoms with Gasteiger partial charge in [-0.15, -0.1) is 0 Å². The summed E-state index contributed by atoms with van der Waals surface area (Å²) in [6, 6.07) is 10.0. The number of amides is 4. The Morgan fingerprint density at radius 2 is 1.44 bits per heavy atom. The Morgan fingerprint density at radius 3 is 2.03 bits per heavy atom. The molecule has 4 fully saturated rings. The molecule has 1 aromatic carbocycles. The third-order valence-corrected chi connectivity index (χ3v) is 7.58. The molecule has 8 heteroatoms. The van der Waals surface area contributed by atoms with E-state index in [1.165, 1.54) is 38.5 Å². The summed E-state index contributed by atoms with van der Waals surface area (Å²) < 4.78 is 5.17.